The van der Waals surface area contributed by atoms with E-state index in [1.807, 2.05) is 0 Å². The van der Waals surface area contributed by atoms with Crippen LogP contribution in [0.1, 0.15) is 130 Å². The molecule has 2 unspecified atom stereocenters. The molecule has 0 saturated carbocycles. The Balaban J connectivity index is 2.60. The Hall–Kier alpha value is -1.18. The monoisotopic (exact) mass is 582 g/mol. The van der Waals surface area contributed by atoms with E-state index >= 15 is 0 Å². The maximum absolute atomic E-state index is 13.0. The molecule has 0 bridgehead atoms. The highest BCUT2D eigenvalue weighted by Gasteiger charge is 2.21. The fourth-order valence-corrected chi connectivity index (χ4v) is 5.64. The molecular formula is C34H67N3O4. The van der Waals surface area contributed by atoms with Crippen molar-refractivity contribution in [3.8, 4) is 0 Å². The molecule has 2 atom stereocenters. The normalized spacial score (nSPS) is 15.6. The van der Waals surface area contributed by atoms with Gasteiger partial charge in [0.15, 0.2) is 0 Å². The van der Waals surface area contributed by atoms with Gasteiger partial charge in [-0.15, -0.1) is 0 Å². The first-order valence-electron chi connectivity index (χ1n) is 17.5. The molecule has 0 aliphatic carbocycles. The van der Waals surface area contributed by atoms with E-state index in [0.29, 0.717) is 26.3 Å². The van der Waals surface area contributed by atoms with Gasteiger partial charge in [0, 0.05) is 52.4 Å². The Morgan fingerprint density at radius 2 is 1.07 bits per heavy atom. The fraction of sp³-hybridized carbons (Fsp3) is 0.941. The Kier molecular flexibility index (Phi) is 24.4. The highest BCUT2D eigenvalue weighted by Crippen LogP contribution is 2.20. The number of nitrogens with one attached hydrogen (secondary N) is 1. The number of carbonyl (C=O) groups is 2. The van der Waals surface area contributed by atoms with Crippen LogP contribution in [0.25, 0.3) is 0 Å². The standard InChI is InChI=1S/C34H67N3O4/c1-5-9-13-15-19-31(17-11-7-3)33(38)40-29-27-37(26-25-36-23-21-35-22-24-36)28-30-41-34(39)32(18-12-8-4)20-16-14-10-6-2/h31-32,35H,5-30H2,1-4H3. The van der Waals surface area contributed by atoms with E-state index in [9.17, 15) is 9.59 Å². The zero-order chi connectivity index (χ0) is 30.0. The topological polar surface area (TPSA) is 71.1 Å². The molecule has 1 aliphatic rings. The molecule has 0 aromatic heterocycles. The van der Waals surface area contributed by atoms with Crippen LogP contribution >= 0.6 is 0 Å². The van der Waals surface area contributed by atoms with Gasteiger partial charge in [0.2, 0.25) is 0 Å². The third-order valence-electron chi connectivity index (χ3n) is 8.54. The van der Waals surface area contributed by atoms with E-state index in [-0.39, 0.29) is 23.8 Å². The molecule has 1 rings (SSSR count). The van der Waals surface area contributed by atoms with Crippen molar-refractivity contribution in [3.63, 3.8) is 0 Å². The number of nitrogens with zero attached hydrogens (tertiary/aromatic N) is 2. The van der Waals surface area contributed by atoms with Crippen LogP contribution in [0, 0.1) is 11.8 Å². The number of hydrogen-bond acceptors (Lipinski definition) is 7. The van der Waals surface area contributed by atoms with Gasteiger partial charge < -0.3 is 14.8 Å². The van der Waals surface area contributed by atoms with Gasteiger partial charge in [0.1, 0.15) is 13.2 Å². The average molecular weight is 582 g/mol. The van der Waals surface area contributed by atoms with Gasteiger partial charge >= 0.3 is 11.9 Å². The lowest BCUT2D eigenvalue weighted by Gasteiger charge is -2.30. The molecule has 242 valence electrons. The second kappa shape index (κ2) is 26.4. The fourth-order valence-electron chi connectivity index (χ4n) is 5.64. The molecule has 1 aliphatic heterocycles. The minimum Gasteiger partial charge on any atom is -0.464 e. The quantitative estimate of drug-likeness (QED) is 0.0842. The molecular weight excluding hydrogens is 514 g/mol. The van der Waals surface area contributed by atoms with Gasteiger partial charge in [0.25, 0.3) is 0 Å². The third-order valence-corrected chi connectivity index (χ3v) is 8.54. The maximum Gasteiger partial charge on any atom is 0.308 e. The smallest absolute Gasteiger partial charge is 0.308 e. The van der Waals surface area contributed by atoms with Gasteiger partial charge in [-0.2, -0.15) is 0 Å². The van der Waals surface area contributed by atoms with Crippen molar-refractivity contribution in [1.29, 1.82) is 0 Å². The maximum atomic E-state index is 13.0. The number of piperazine rings is 1. The summed E-state index contributed by atoms with van der Waals surface area (Å²) in [4.78, 5) is 30.7. The largest absolute Gasteiger partial charge is 0.464 e. The number of unbranched alkanes of at least 4 members (excludes halogenated alkanes) is 8. The zero-order valence-electron chi connectivity index (χ0n) is 27.6. The lowest BCUT2D eigenvalue weighted by molar-refractivity contribution is -0.150. The summed E-state index contributed by atoms with van der Waals surface area (Å²) in [6.45, 7) is 17.0. The summed E-state index contributed by atoms with van der Waals surface area (Å²) in [7, 11) is 0. The van der Waals surface area contributed by atoms with Crippen LogP contribution in [0.2, 0.25) is 0 Å². The van der Waals surface area contributed by atoms with Crippen LogP contribution in [0.4, 0.5) is 0 Å². The van der Waals surface area contributed by atoms with Gasteiger partial charge in [-0.05, 0) is 25.7 Å². The summed E-state index contributed by atoms with van der Waals surface area (Å²) in [6, 6.07) is 0. The van der Waals surface area contributed by atoms with Crippen LogP contribution in [0.5, 0.6) is 0 Å². The molecule has 7 nitrogen and oxygen atoms in total. The molecule has 41 heavy (non-hydrogen) atoms. The van der Waals surface area contributed by atoms with E-state index in [1.165, 1.54) is 38.5 Å². The molecule has 0 aromatic rings. The van der Waals surface area contributed by atoms with Gasteiger partial charge in [0.05, 0.1) is 11.8 Å². The van der Waals surface area contributed by atoms with Gasteiger partial charge in [-0.3, -0.25) is 19.4 Å². The first kappa shape index (κ1) is 37.8. The summed E-state index contributed by atoms with van der Waals surface area (Å²) in [5.41, 5.74) is 0. The summed E-state index contributed by atoms with van der Waals surface area (Å²) < 4.78 is 11.7. The van der Waals surface area contributed by atoms with E-state index in [4.69, 9.17) is 9.47 Å². The van der Waals surface area contributed by atoms with Crippen LogP contribution in [0.15, 0.2) is 0 Å². The Morgan fingerprint density at radius 1 is 0.634 bits per heavy atom. The second-order valence-corrected chi connectivity index (χ2v) is 12.1. The average Bonchev–Trinajstić information content (AvgIpc) is 2.99. The second-order valence-electron chi connectivity index (χ2n) is 12.1. The van der Waals surface area contributed by atoms with Crippen molar-refractivity contribution < 1.29 is 19.1 Å². The number of hydrogen-bond donors (Lipinski definition) is 1. The summed E-state index contributed by atoms with van der Waals surface area (Å²) in [5, 5.41) is 3.42. The van der Waals surface area contributed by atoms with E-state index < -0.39 is 0 Å². The Bertz CT molecular complexity index is 585. The molecule has 0 amide bonds. The lowest BCUT2D eigenvalue weighted by Crippen LogP contribution is -2.47. The molecule has 0 spiro atoms. The van der Waals surface area contributed by atoms with Crippen molar-refractivity contribution >= 4 is 11.9 Å². The van der Waals surface area contributed by atoms with E-state index in [2.05, 4.69) is 42.8 Å². The molecule has 1 N–H and O–H groups in total. The van der Waals surface area contributed by atoms with Crippen LogP contribution in [-0.2, 0) is 19.1 Å². The van der Waals surface area contributed by atoms with Gasteiger partial charge in [-0.1, -0.05) is 105 Å². The van der Waals surface area contributed by atoms with Crippen molar-refractivity contribution in [2.75, 3.05) is 65.6 Å². The molecule has 1 heterocycles. The summed E-state index contributed by atoms with van der Waals surface area (Å²) in [5.74, 6) is 0.00872. The zero-order valence-corrected chi connectivity index (χ0v) is 27.6. The number of carbonyl (C=O) groups excluding carboxylic acids is 2. The highest BCUT2D eigenvalue weighted by molar-refractivity contribution is 5.72. The van der Waals surface area contributed by atoms with Crippen LogP contribution < -0.4 is 5.32 Å². The first-order valence-corrected chi connectivity index (χ1v) is 17.5. The first-order chi connectivity index (χ1) is 20.0. The number of rotatable bonds is 27. The van der Waals surface area contributed by atoms with Crippen LogP contribution in [0.3, 0.4) is 0 Å². The van der Waals surface area contributed by atoms with Crippen molar-refractivity contribution in [3.05, 3.63) is 0 Å². The molecule has 0 aromatic carbocycles. The summed E-state index contributed by atoms with van der Waals surface area (Å²) in [6.07, 6.45) is 17.6. The molecule has 1 fully saturated rings. The Labute approximate surface area is 253 Å². The number of ether oxygens (including phenoxy) is 2. The molecule has 0 radical (unpaired) electrons. The predicted octanol–water partition coefficient (Wildman–Crippen LogP) is 6.83. The van der Waals surface area contributed by atoms with Gasteiger partial charge in [-0.25, -0.2) is 0 Å². The van der Waals surface area contributed by atoms with E-state index in [1.54, 1.807) is 0 Å². The van der Waals surface area contributed by atoms with E-state index in [0.717, 1.165) is 103 Å². The minimum absolute atomic E-state index is 0.0229. The number of esters is 2. The Morgan fingerprint density at radius 3 is 1.51 bits per heavy atom. The highest BCUT2D eigenvalue weighted by atomic mass is 16.5. The van der Waals surface area contributed by atoms with Crippen molar-refractivity contribution in [2.45, 2.75) is 130 Å². The minimum atomic E-state index is -0.0229. The SMILES string of the molecule is CCCCCCC(CCCC)C(=O)OCCN(CCOC(=O)C(CCCC)CCCCCC)CCN1CCNCC1. The summed E-state index contributed by atoms with van der Waals surface area (Å²) >= 11 is 0. The van der Waals surface area contributed by atoms with Crippen LogP contribution in [-0.4, -0.2) is 87.3 Å². The molecule has 7 heteroatoms. The van der Waals surface area contributed by atoms with Crippen molar-refractivity contribution in [2.24, 2.45) is 11.8 Å². The predicted molar refractivity (Wildman–Crippen MR) is 171 cm³/mol. The molecule has 1 saturated heterocycles. The third kappa shape index (κ3) is 19.6. The lowest BCUT2D eigenvalue weighted by atomic mass is 9.95. The van der Waals surface area contributed by atoms with Crippen molar-refractivity contribution in [1.82, 2.24) is 15.1 Å².